The molecule has 0 spiro atoms. The third-order valence-electron chi connectivity index (χ3n) is 4.23. The van der Waals surface area contributed by atoms with E-state index in [0.29, 0.717) is 6.42 Å². The Bertz CT molecular complexity index is 938. The van der Waals surface area contributed by atoms with Crippen molar-refractivity contribution in [3.63, 3.8) is 0 Å². The van der Waals surface area contributed by atoms with E-state index >= 15 is 0 Å². The predicted octanol–water partition coefficient (Wildman–Crippen LogP) is 1.83. The molecule has 1 aliphatic rings. The number of carbonyl (C=O) groups is 3. The van der Waals surface area contributed by atoms with E-state index in [1.165, 1.54) is 36.4 Å². The van der Waals surface area contributed by atoms with Gasteiger partial charge in [0.15, 0.2) is 11.5 Å². The van der Waals surface area contributed by atoms with Gasteiger partial charge in [0, 0.05) is 0 Å². The Hall–Kier alpha value is -3.39. The molecule has 8 nitrogen and oxygen atoms in total. The molecule has 8 heteroatoms. The number of ether oxygens (including phenoxy) is 1. The molecule has 1 aliphatic heterocycles. The highest BCUT2D eigenvalue weighted by Gasteiger charge is 2.38. The molecule has 2 aromatic carbocycles. The number of hydrogen-bond acceptors (Lipinski definition) is 7. The number of esters is 1. The van der Waals surface area contributed by atoms with E-state index in [9.17, 15) is 29.7 Å². The van der Waals surface area contributed by atoms with Crippen molar-refractivity contribution in [2.75, 3.05) is 11.5 Å². The van der Waals surface area contributed by atoms with Crippen LogP contribution in [0.4, 0.5) is 5.69 Å². The number of aromatic hydroxyl groups is 2. The minimum atomic E-state index is -0.782. The van der Waals surface area contributed by atoms with Gasteiger partial charge in [0.25, 0.3) is 11.8 Å². The molecule has 3 rings (SSSR count). The molecule has 140 valence electrons. The molecule has 0 radical (unpaired) electrons. The summed E-state index contributed by atoms with van der Waals surface area (Å²) in [7, 11) is 0. The molecule has 3 N–H and O–H groups in total. The maximum atomic E-state index is 12.7. The zero-order valence-electron chi connectivity index (χ0n) is 14.4. The zero-order chi connectivity index (χ0) is 19.7. The number of benzene rings is 2. The third-order valence-corrected chi connectivity index (χ3v) is 4.23. The first-order valence-electron chi connectivity index (χ1n) is 8.24. The first-order chi connectivity index (χ1) is 12.8. The second kappa shape index (κ2) is 7.08. The van der Waals surface area contributed by atoms with Crippen molar-refractivity contribution in [2.24, 2.45) is 0 Å². The van der Waals surface area contributed by atoms with Gasteiger partial charge in [-0.25, -0.2) is 9.69 Å². The first-order valence-corrected chi connectivity index (χ1v) is 8.24. The van der Waals surface area contributed by atoms with Gasteiger partial charge in [-0.2, -0.15) is 0 Å². The van der Waals surface area contributed by atoms with Gasteiger partial charge in [-0.3, -0.25) is 9.59 Å². The Morgan fingerprint density at radius 3 is 2.52 bits per heavy atom. The van der Waals surface area contributed by atoms with Gasteiger partial charge in [0.1, 0.15) is 6.61 Å². The molecule has 0 fully saturated rings. The molecule has 0 saturated heterocycles. The van der Waals surface area contributed by atoms with Crippen LogP contribution in [0, 0.1) is 0 Å². The molecular formula is C19H17NO7. The lowest BCUT2D eigenvalue weighted by atomic mass is 10.1. The Kier molecular flexibility index (Phi) is 4.83. The van der Waals surface area contributed by atoms with Crippen LogP contribution >= 0.6 is 0 Å². The number of carbonyl (C=O) groups excluding carboxylic acids is 3. The van der Waals surface area contributed by atoms with E-state index in [-0.39, 0.29) is 29.0 Å². The summed E-state index contributed by atoms with van der Waals surface area (Å²) < 4.78 is 4.98. The van der Waals surface area contributed by atoms with E-state index in [2.05, 4.69) is 0 Å². The normalized spacial score (nSPS) is 14.2. The van der Waals surface area contributed by atoms with Crippen LogP contribution in [0.25, 0.3) is 0 Å². The molecule has 27 heavy (non-hydrogen) atoms. The number of aliphatic hydroxyl groups excluding tert-OH is 1. The maximum absolute atomic E-state index is 12.7. The fourth-order valence-corrected chi connectivity index (χ4v) is 2.66. The number of imide groups is 1. The lowest BCUT2D eigenvalue weighted by Crippen LogP contribution is -2.29. The molecule has 2 amide bonds. The molecule has 1 heterocycles. The second-order valence-corrected chi connectivity index (χ2v) is 6.01. The van der Waals surface area contributed by atoms with E-state index in [0.717, 1.165) is 4.90 Å². The Balaban J connectivity index is 1.91. The lowest BCUT2D eigenvalue weighted by Gasteiger charge is -2.15. The van der Waals surface area contributed by atoms with Gasteiger partial charge >= 0.3 is 5.97 Å². The van der Waals surface area contributed by atoms with Crippen molar-refractivity contribution in [1.29, 1.82) is 0 Å². The number of anilines is 1. The van der Waals surface area contributed by atoms with Gasteiger partial charge in [-0.05, 0) is 36.8 Å². The SMILES string of the molecule is CCC(O)COC(=O)c1ccc2c(c1)C(=O)N(c1cccc(O)c1O)C2=O. The summed E-state index contributed by atoms with van der Waals surface area (Å²) in [4.78, 5) is 38.1. The van der Waals surface area contributed by atoms with Crippen molar-refractivity contribution in [1.82, 2.24) is 0 Å². The number of hydrogen-bond donors (Lipinski definition) is 3. The fourth-order valence-electron chi connectivity index (χ4n) is 2.66. The summed E-state index contributed by atoms with van der Waals surface area (Å²) in [5.41, 5.74) is -0.0577. The minimum Gasteiger partial charge on any atom is -0.504 e. The summed E-state index contributed by atoms with van der Waals surface area (Å²) >= 11 is 0. The van der Waals surface area contributed by atoms with Crippen molar-refractivity contribution in [3.8, 4) is 11.5 Å². The highest BCUT2D eigenvalue weighted by Crippen LogP contribution is 2.39. The number of rotatable bonds is 5. The molecule has 1 atom stereocenters. The Morgan fingerprint density at radius 2 is 1.81 bits per heavy atom. The maximum Gasteiger partial charge on any atom is 0.338 e. The number of fused-ring (bicyclic) bond motifs is 1. The van der Waals surface area contributed by atoms with Crippen LogP contribution in [0.15, 0.2) is 36.4 Å². The molecule has 0 aromatic heterocycles. The van der Waals surface area contributed by atoms with Crippen LogP contribution in [0.1, 0.15) is 44.4 Å². The van der Waals surface area contributed by atoms with Crippen molar-refractivity contribution >= 4 is 23.5 Å². The smallest absolute Gasteiger partial charge is 0.338 e. The number of nitrogens with zero attached hydrogens (tertiary/aromatic N) is 1. The molecule has 0 bridgehead atoms. The van der Waals surface area contributed by atoms with Gasteiger partial charge in [0.05, 0.1) is 28.5 Å². The molecule has 1 unspecified atom stereocenters. The number of aliphatic hydroxyl groups is 1. The van der Waals surface area contributed by atoms with E-state index in [4.69, 9.17) is 4.74 Å². The standard InChI is InChI=1S/C19H17NO7/c1-2-11(21)9-27-19(26)10-6-7-12-13(8-10)18(25)20(17(12)24)14-4-3-5-15(22)16(14)23/h3-8,11,21-23H,2,9H2,1H3. The van der Waals surface area contributed by atoms with Gasteiger partial charge in [-0.15, -0.1) is 0 Å². The average molecular weight is 371 g/mol. The van der Waals surface area contributed by atoms with Crippen LogP contribution < -0.4 is 4.90 Å². The monoisotopic (exact) mass is 371 g/mol. The van der Waals surface area contributed by atoms with E-state index in [1.54, 1.807) is 6.92 Å². The van der Waals surface area contributed by atoms with Crippen LogP contribution in [0.5, 0.6) is 11.5 Å². The Labute approximate surface area is 154 Å². The number of phenols is 2. The summed E-state index contributed by atoms with van der Waals surface area (Å²) in [5.74, 6) is -3.22. The molecular weight excluding hydrogens is 354 g/mol. The molecule has 2 aromatic rings. The van der Waals surface area contributed by atoms with Gasteiger partial charge in [0.2, 0.25) is 0 Å². The number of phenolic OH excluding ortho intramolecular Hbond substituents is 2. The lowest BCUT2D eigenvalue weighted by molar-refractivity contribution is 0.0250. The van der Waals surface area contributed by atoms with Crippen LogP contribution in [0.2, 0.25) is 0 Å². The van der Waals surface area contributed by atoms with Crippen molar-refractivity contribution < 1.29 is 34.4 Å². The number of amides is 2. The minimum absolute atomic E-state index is 0.0202. The number of para-hydroxylation sites is 1. The summed E-state index contributed by atoms with van der Waals surface area (Å²) in [6, 6.07) is 7.82. The third kappa shape index (κ3) is 3.22. The second-order valence-electron chi connectivity index (χ2n) is 6.01. The van der Waals surface area contributed by atoms with Crippen LogP contribution in [-0.2, 0) is 4.74 Å². The fraction of sp³-hybridized carbons (Fsp3) is 0.211. The summed E-state index contributed by atoms with van der Waals surface area (Å²) in [6.07, 6.45) is -0.358. The van der Waals surface area contributed by atoms with Gasteiger partial charge < -0.3 is 20.1 Å². The van der Waals surface area contributed by atoms with Gasteiger partial charge in [-0.1, -0.05) is 13.0 Å². The Morgan fingerprint density at radius 1 is 1.11 bits per heavy atom. The quantitative estimate of drug-likeness (QED) is 0.416. The van der Waals surface area contributed by atoms with E-state index < -0.39 is 35.4 Å². The van der Waals surface area contributed by atoms with Crippen LogP contribution in [-0.4, -0.2) is 45.8 Å². The topological polar surface area (TPSA) is 124 Å². The predicted molar refractivity (Wildman–Crippen MR) is 93.9 cm³/mol. The first kappa shape index (κ1) is 18.4. The average Bonchev–Trinajstić information content (AvgIpc) is 2.92. The van der Waals surface area contributed by atoms with Crippen LogP contribution in [0.3, 0.4) is 0 Å². The highest BCUT2D eigenvalue weighted by atomic mass is 16.5. The molecule has 0 saturated carbocycles. The van der Waals surface area contributed by atoms with Crippen molar-refractivity contribution in [3.05, 3.63) is 53.1 Å². The summed E-state index contributed by atoms with van der Waals surface area (Å²) in [6.45, 7) is 1.56. The largest absolute Gasteiger partial charge is 0.504 e. The highest BCUT2D eigenvalue weighted by molar-refractivity contribution is 6.35. The molecule has 0 aliphatic carbocycles. The zero-order valence-corrected chi connectivity index (χ0v) is 14.4. The van der Waals surface area contributed by atoms with Crippen molar-refractivity contribution in [2.45, 2.75) is 19.4 Å². The summed E-state index contributed by atoms with van der Waals surface area (Å²) in [5, 5.41) is 29.0. The van der Waals surface area contributed by atoms with E-state index in [1.807, 2.05) is 0 Å².